The topological polar surface area (TPSA) is 67.9 Å². The lowest BCUT2D eigenvalue weighted by atomic mass is 9.96. The second-order valence-electron chi connectivity index (χ2n) is 5.79. The molecule has 6 heteroatoms. The Kier molecular flexibility index (Phi) is 7.71. The van der Waals surface area contributed by atoms with Gasteiger partial charge in [-0.05, 0) is 40.7 Å². The molecule has 1 rings (SSSR count). The summed E-state index contributed by atoms with van der Waals surface area (Å²) in [4.78, 5) is 25.8. The molecule has 0 aromatic carbocycles. The molecule has 0 saturated carbocycles. The molecule has 0 aromatic heterocycles. The first-order chi connectivity index (χ1) is 9.77. The maximum absolute atomic E-state index is 12.2. The number of likely N-dealkylation sites (tertiary alicyclic amines) is 1. The van der Waals surface area contributed by atoms with Crippen LogP contribution in [0.3, 0.4) is 0 Å². The number of nitrogens with one attached hydrogen (secondary N) is 1. The van der Waals surface area contributed by atoms with Crippen LogP contribution in [0.25, 0.3) is 0 Å². The monoisotopic (exact) mass is 302 g/mol. The molecule has 6 nitrogen and oxygen atoms in total. The van der Waals surface area contributed by atoms with Crippen LogP contribution >= 0.6 is 0 Å². The fourth-order valence-electron chi connectivity index (χ4n) is 2.41. The van der Waals surface area contributed by atoms with Gasteiger partial charge in [0.05, 0.1) is 7.11 Å². The number of carbonyl (C=O) groups is 2. The van der Waals surface area contributed by atoms with Crippen LogP contribution in [0.1, 0.15) is 47.5 Å². The molecule has 124 valence electrons. The Morgan fingerprint density at radius 3 is 2.29 bits per heavy atom. The van der Waals surface area contributed by atoms with Crippen LogP contribution < -0.4 is 5.32 Å². The van der Waals surface area contributed by atoms with Crippen LogP contribution in [0, 0.1) is 0 Å². The largest absolute Gasteiger partial charge is 0.467 e. The van der Waals surface area contributed by atoms with E-state index in [2.05, 4.69) is 5.32 Å². The molecule has 0 spiro atoms. The fraction of sp³-hybridized carbons (Fsp3) is 0.867. The van der Waals surface area contributed by atoms with E-state index in [9.17, 15) is 9.59 Å². The predicted octanol–water partition coefficient (Wildman–Crippen LogP) is 2.17. The number of ether oxygens (including phenoxy) is 2. The summed E-state index contributed by atoms with van der Waals surface area (Å²) in [5, 5.41) is 2.96. The highest BCUT2D eigenvalue weighted by molar-refractivity contribution is 5.87. The first kappa shape index (κ1) is 19.7. The molecule has 1 N–H and O–H groups in total. The van der Waals surface area contributed by atoms with Gasteiger partial charge in [0.2, 0.25) is 0 Å². The van der Waals surface area contributed by atoms with Crippen LogP contribution in [0.4, 0.5) is 4.79 Å². The van der Waals surface area contributed by atoms with E-state index >= 15 is 0 Å². The van der Waals surface area contributed by atoms with Crippen molar-refractivity contribution in [2.24, 2.45) is 0 Å². The molecule has 1 aliphatic heterocycles. The van der Waals surface area contributed by atoms with Gasteiger partial charge in [0.15, 0.2) is 5.54 Å². The maximum Gasteiger partial charge on any atom is 0.411 e. The third kappa shape index (κ3) is 4.88. The van der Waals surface area contributed by atoms with Crippen LogP contribution in [0.2, 0.25) is 0 Å². The van der Waals surface area contributed by atoms with E-state index in [1.807, 2.05) is 13.8 Å². The average Bonchev–Trinajstić information content (AvgIpc) is 2.83. The number of methoxy groups -OCH3 is 1. The number of likely N-dealkylation sites (N-methyl/N-ethyl adjacent to an activating group) is 1. The number of carbonyl (C=O) groups excluding carboxylic acids is 2. The molecule has 1 heterocycles. The summed E-state index contributed by atoms with van der Waals surface area (Å²) >= 11 is 0. The molecular weight excluding hydrogens is 272 g/mol. The Balaban J connectivity index is 0.00000191. The third-order valence-corrected chi connectivity index (χ3v) is 3.14. The summed E-state index contributed by atoms with van der Waals surface area (Å²) in [7, 11) is 3.08. The normalized spacial score (nSPS) is 21.4. The minimum absolute atomic E-state index is 0.360. The SMILES string of the molecule is CC.CNCC1(C(=O)OC)CCCN1C(=O)OC(C)(C)C. The maximum atomic E-state index is 12.2. The summed E-state index contributed by atoms with van der Waals surface area (Å²) in [5.74, 6) is -0.398. The summed E-state index contributed by atoms with van der Waals surface area (Å²) < 4.78 is 10.2. The standard InChI is InChI=1S/C13H24N2O4.C2H6/c1-12(2,3)19-11(17)15-8-6-7-13(15,9-14-4)10(16)18-5;1-2/h14H,6-9H2,1-5H3;1-2H3. The molecule has 1 aliphatic rings. The van der Waals surface area contributed by atoms with E-state index in [1.54, 1.807) is 27.8 Å². The molecule has 1 unspecified atom stereocenters. The minimum atomic E-state index is -0.953. The highest BCUT2D eigenvalue weighted by Crippen LogP contribution is 2.31. The van der Waals surface area contributed by atoms with Crippen molar-refractivity contribution in [2.45, 2.75) is 58.6 Å². The number of rotatable bonds is 3. The quantitative estimate of drug-likeness (QED) is 0.809. The number of hydrogen-bond acceptors (Lipinski definition) is 5. The zero-order chi connectivity index (χ0) is 16.7. The molecule has 1 amide bonds. The predicted molar refractivity (Wildman–Crippen MR) is 82.2 cm³/mol. The highest BCUT2D eigenvalue weighted by atomic mass is 16.6. The van der Waals surface area contributed by atoms with Crippen molar-refractivity contribution in [1.29, 1.82) is 0 Å². The van der Waals surface area contributed by atoms with Gasteiger partial charge in [0.1, 0.15) is 5.60 Å². The Bertz CT molecular complexity index is 352. The molecule has 0 bridgehead atoms. The van der Waals surface area contributed by atoms with E-state index in [0.29, 0.717) is 19.5 Å². The van der Waals surface area contributed by atoms with Crippen LogP contribution in [0.5, 0.6) is 0 Å². The zero-order valence-corrected chi connectivity index (χ0v) is 14.4. The summed E-state index contributed by atoms with van der Waals surface area (Å²) in [6.07, 6.45) is 0.876. The van der Waals surface area contributed by atoms with Crippen LogP contribution in [-0.4, -0.2) is 55.3 Å². The Morgan fingerprint density at radius 2 is 1.86 bits per heavy atom. The molecule has 1 atom stereocenters. The van der Waals surface area contributed by atoms with Gasteiger partial charge in [-0.2, -0.15) is 0 Å². The van der Waals surface area contributed by atoms with Gasteiger partial charge in [-0.1, -0.05) is 13.8 Å². The van der Waals surface area contributed by atoms with Gasteiger partial charge in [-0.3, -0.25) is 4.90 Å². The van der Waals surface area contributed by atoms with Crippen molar-refractivity contribution < 1.29 is 19.1 Å². The molecule has 0 radical (unpaired) electrons. The van der Waals surface area contributed by atoms with Gasteiger partial charge < -0.3 is 14.8 Å². The van der Waals surface area contributed by atoms with E-state index in [-0.39, 0.29) is 0 Å². The van der Waals surface area contributed by atoms with Crippen molar-refractivity contribution in [1.82, 2.24) is 10.2 Å². The van der Waals surface area contributed by atoms with Crippen LogP contribution in [-0.2, 0) is 14.3 Å². The molecule has 1 fully saturated rings. The molecule has 21 heavy (non-hydrogen) atoms. The summed E-state index contributed by atoms with van der Waals surface area (Å²) in [6, 6.07) is 0. The summed E-state index contributed by atoms with van der Waals surface area (Å²) in [6.45, 7) is 10.3. The van der Waals surface area contributed by atoms with Crippen molar-refractivity contribution >= 4 is 12.1 Å². The zero-order valence-electron chi connectivity index (χ0n) is 14.4. The lowest BCUT2D eigenvalue weighted by Crippen LogP contribution is -2.59. The Labute approximate surface area is 128 Å². The second-order valence-corrected chi connectivity index (χ2v) is 5.79. The van der Waals surface area contributed by atoms with Gasteiger partial charge in [-0.25, -0.2) is 9.59 Å². The van der Waals surface area contributed by atoms with Gasteiger partial charge in [0, 0.05) is 13.1 Å². The number of nitrogens with zero attached hydrogens (tertiary/aromatic N) is 1. The van der Waals surface area contributed by atoms with Gasteiger partial charge in [-0.15, -0.1) is 0 Å². The second kappa shape index (κ2) is 8.22. The van der Waals surface area contributed by atoms with Crippen molar-refractivity contribution in [3.63, 3.8) is 0 Å². The smallest absolute Gasteiger partial charge is 0.411 e. The van der Waals surface area contributed by atoms with E-state index < -0.39 is 23.2 Å². The van der Waals surface area contributed by atoms with Gasteiger partial charge >= 0.3 is 12.1 Å². The van der Waals surface area contributed by atoms with Crippen molar-refractivity contribution in [2.75, 3.05) is 27.2 Å². The first-order valence-electron chi connectivity index (χ1n) is 7.50. The van der Waals surface area contributed by atoms with Crippen molar-refractivity contribution in [3.05, 3.63) is 0 Å². The highest BCUT2D eigenvalue weighted by Gasteiger charge is 2.51. The lowest BCUT2D eigenvalue weighted by molar-refractivity contribution is -0.152. The molecule has 1 saturated heterocycles. The molecule has 0 aromatic rings. The van der Waals surface area contributed by atoms with E-state index in [4.69, 9.17) is 9.47 Å². The first-order valence-corrected chi connectivity index (χ1v) is 7.50. The number of amides is 1. The van der Waals surface area contributed by atoms with Gasteiger partial charge in [0.25, 0.3) is 0 Å². The molecule has 0 aliphatic carbocycles. The Morgan fingerprint density at radius 1 is 1.29 bits per heavy atom. The lowest BCUT2D eigenvalue weighted by Gasteiger charge is -2.36. The molecular formula is C15H30N2O4. The Hall–Kier alpha value is -1.30. The fourth-order valence-corrected chi connectivity index (χ4v) is 2.41. The van der Waals surface area contributed by atoms with E-state index in [1.165, 1.54) is 12.0 Å². The third-order valence-electron chi connectivity index (χ3n) is 3.14. The summed E-state index contributed by atoms with van der Waals surface area (Å²) in [5.41, 5.74) is -1.53. The number of esters is 1. The van der Waals surface area contributed by atoms with E-state index in [0.717, 1.165) is 6.42 Å². The minimum Gasteiger partial charge on any atom is -0.467 e. The van der Waals surface area contributed by atoms with Crippen molar-refractivity contribution in [3.8, 4) is 0 Å². The number of hydrogen-bond donors (Lipinski definition) is 1. The average molecular weight is 302 g/mol. The van der Waals surface area contributed by atoms with Crippen LogP contribution in [0.15, 0.2) is 0 Å².